The second-order valence-electron chi connectivity index (χ2n) is 4.61. The lowest BCUT2D eigenvalue weighted by Crippen LogP contribution is -2.38. The number of ether oxygens (including phenoxy) is 1. The molecule has 8 heteroatoms. The van der Waals surface area contributed by atoms with E-state index in [4.69, 9.17) is 10.00 Å². The number of piperidine rings is 1. The van der Waals surface area contributed by atoms with Gasteiger partial charge in [0.05, 0.1) is 4.47 Å². The maximum Gasteiger partial charge on any atom is 0.219 e. The zero-order valence-electron chi connectivity index (χ0n) is 11.1. The van der Waals surface area contributed by atoms with E-state index < -0.39 is 0 Å². The average Bonchev–Trinajstić information content (AvgIpc) is 2.99. The van der Waals surface area contributed by atoms with Crippen molar-refractivity contribution in [2.45, 2.75) is 18.9 Å². The van der Waals surface area contributed by atoms with Crippen molar-refractivity contribution in [3.05, 3.63) is 27.9 Å². The van der Waals surface area contributed by atoms with Crippen LogP contribution >= 0.6 is 27.3 Å². The Bertz CT molecular complexity index is 663. The first-order valence-corrected chi connectivity index (χ1v) is 8.12. The fraction of sp³-hybridized carbons (Fsp3) is 0.385. The number of hydrogen-bond donors (Lipinski definition) is 0. The van der Waals surface area contributed by atoms with Crippen LogP contribution in [0.5, 0.6) is 5.75 Å². The van der Waals surface area contributed by atoms with Crippen molar-refractivity contribution < 1.29 is 4.74 Å². The summed E-state index contributed by atoms with van der Waals surface area (Å²) in [4.78, 5) is 6.18. The van der Waals surface area contributed by atoms with E-state index in [9.17, 15) is 0 Å². The molecule has 3 rings (SSSR count). The highest BCUT2D eigenvalue weighted by atomic mass is 79.9. The van der Waals surface area contributed by atoms with Crippen LogP contribution in [0, 0.1) is 11.3 Å². The Morgan fingerprint density at radius 1 is 1.38 bits per heavy atom. The molecule has 108 valence electrons. The number of anilines is 1. The van der Waals surface area contributed by atoms with Crippen LogP contribution in [-0.2, 0) is 0 Å². The molecule has 21 heavy (non-hydrogen) atoms. The number of aromatic nitrogens is 3. The maximum atomic E-state index is 8.79. The Labute approximate surface area is 134 Å². The van der Waals surface area contributed by atoms with Crippen molar-refractivity contribution in [3.8, 4) is 11.8 Å². The molecule has 0 spiro atoms. The van der Waals surface area contributed by atoms with E-state index in [0.29, 0.717) is 5.01 Å². The largest absolute Gasteiger partial charge is 0.489 e. The van der Waals surface area contributed by atoms with Crippen molar-refractivity contribution >= 4 is 32.4 Å². The van der Waals surface area contributed by atoms with Gasteiger partial charge in [-0.1, -0.05) is 11.3 Å². The van der Waals surface area contributed by atoms with E-state index in [1.54, 1.807) is 12.4 Å². The number of rotatable bonds is 3. The van der Waals surface area contributed by atoms with Gasteiger partial charge in [-0.3, -0.25) is 4.98 Å². The van der Waals surface area contributed by atoms with Gasteiger partial charge < -0.3 is 9.64 Å². The van der Waals surface area contributed by atoms with Gasteiger partial charge in [0.1, 0.15) is 17.9 Å². The summed E-state index contributed by atoms with van der Waals surface area (Å²) in [5.41, 5.74) is 0. The Morgan fingerprint density at radius 3 is 2.86 bits per heavy atom. The van der Waals surface area contributed by atoms with Crippen LogP contribution in [0.1, 0.15) is 17.8 Å². The lowest BCUT2D eigenvalue weighted by molar-refractivity contribution is 0.169. The quantitative estimate of drug-likeness (QED) is 0.831. The summed E-state index contributed by atoms with van der Waals surface area (Å²) in [7, 11) is 0. The SMILES string of the molecule is N#Cc1nnc(N2CCC(Oc3ccncc3Br)CC2)s1. The lowest BCUT2D eigenvalue weighted by Gasteiger charge is -2.31. The van der Waals surface area contributed by atoms with Gasteiger partial charge in [0.15, 0.2) is 0 Å². The molecule has 2 aromatic rings. The number of pyridine rings is 1. The molecule has 0 atom stereocenters. The fourth-order valence-corrected chi connectivity index (χ4v) is 3.23. The highest BCUT2D eigenvalue weighted by Gasteiger charge is 2.23. The van der Waals surface area contributed by atoms with Crippen LogP contribution in [0.4, 0.5) is 5.13 Å². The Balaban J connectivity index is 1.58. The van der Waals surface area contributed by atoms with Gasteiger partial charge in [0, 0.05) is 38.3 Å². The minimum Gasteiger partial charge on any atom is -0.489 e. The third-order valence-corrected chi connectivity index (χ3v) is 4.74. The monoisotopic (exact) mass is 365 g/mol. The minimum absolute atomic E-state index is 0.184. The number of hydrogen-bond acceptors (Lipinski definition) is 7. The molecular weight excluding hydrogens is 354 g/mol. The molecule has 0 aromatic carbocycles. The Kier molecular flexibility index (Phi) is 4.31. The van der Waals surface area contributed by atoms with Crippen LogP contribution in [0.15, 0.2) is 22.9 Å². The molecule has 1 saturated heterocycles. The smallest absolute Gasteiger partial charge is 0.219 e. The van der Waals surface area contributed by atoms with Crippen LogP contribution in [0.25, 0.3) is 0 Å². The van der Waals surface area contributed by atoms with E-state index in [1.165, 1.54) is 11.3 Å². The van der Waals surface area contributed by atoms with Crippen LogP contribution in [-0.4, -0.2) is 34.4 Å². The Morgan fingerprint density at radius 2 is 2.19 bits per heavy atom. The molecule has 1 aliphatic rings. The number of nitriles is 1. The molecule has 2 aromatic heterocycles. The molecule has 0 bridgehead atoms. The molecule has 0 unspecified atom stereocenters. The fourth-order valence-electron chi connectivity index (χ4n) is 2.19. The summed E-state index contributed by atoms with van der Waals surface area (Å²) in [6.45, 7) is 1.71. The predicted molar refractivity (Wildman–Crippen MR) is 82.4 cm³/mol. The van der Waals surface area contributed by atoms with Gasteiger partial charge in [-0.2, -0.15) is 5.26 Å². The van der Waals surface area contributed by atoms with Gasteiger partial charge in [0.25, 0.3) is 0 Å². The zero-order valence-corrected chi connectivity index (χ0v) is 13.5. The van der Waals surface area contributed by atoms with Crippen LogP contribution < -0.4 is 9.64 Å². The second-order valence-corrected chi connectivity index (χ2v) is 6.42. The van der Waals surface area contributed by atoms with E-state index >= 15 is 0 Å². The number of nitrogens with zero attached hydrogens (tertiary/aromatic N) is 5. The summed E-state index contributed by atoms with van der Waals surface area (Å²) in [6, 6.07) is 3.88. The normalized spacial score (nSPS) is 15.7. The average molecular weight is 366 g/mol. The summed E-state index contributed by atoms with van der Waals surface area (Å²) < 4.78 is 6.87. The summed E-state index contributed by atoms with van der Waals surface area (Å²) >= 11 is 4.77. The number of halogens is 1. The van der Waals surface area contributed by atoms with Crippen molar-refractivity contribution in [3.63, 3.8) is 0 Å². The van der Waals surface area contributed by atoms with Crippen molar-refractivity contribution in [2.75, 3.05) is 18.0 Å². The Hall–Kier alpha value is -1.72. The predicted octanol–water partition coefficient (Wildman–Crippen LogP) is 2.62. The molecule has 0 saturated carbocycles. The van der Waals surface area contributed by atoms with E-state index in [0.717, 1.165) is 41.3 Å². The summed E-state index contributed by atoms with van der Waals surface area (Å²) in [5, 5.41) is 17.9. The van der Waals surface area contributed by atoms with Gasteiger partial charge in [-0.25, -0.2) is 0 Å². The molecule has 1 aliphatic heterocycles. The molecule has 3 heterocycles. The molecule has 1 fully saturated rings. The van der Waals surface area contributed by atoms with Crippen molar-refractivity contribution in [1.82, 2.24) is 15.2 Å². The highest BCUT2D eigenvalue weighted by Crippen LogP contribution is 2.28. The van der Waals surface area contributed by atoms with E-state index in [2.05, 4.69) is 36.0 Å². The topological polar surface area (TPSA) is 74.9 Å². The van der Waals surface area contributed by atoms with E-state index in [-0.39, 0.29) is 6.10 Å². The molecule has 6 nitrogen and oxygen atoms in total. The zero-order chi connectivity index (χ0) is 14.7. The second kappa shape index (κ2) is 6.37. The van der Waals surface area contributed by atoms with Crippen LogP contribution in [0.2, 0.25) is 0 Å². The van der Waals surface area contributed by atoms with Gasteiger partial charge in [-0.15, -0.1) is 10.2 Å². The summed E-state index contributed by atoms with van der Waals surface area (Å²) in [5.74, 6) is 0.825. The first-order chi connectivity index (χ1) is 10.3. The van der Waals surface area contributed by atoms with Gasteiger partial charge >= 0.3 is 0 Å². The van der Waals surface area contributed by atoms with Crippen molar-refractivity contribution in [1.29, 1.82) is 5.26 Å². The molecule has 0 radical (unpaired) electrons. The molecule has 0 N–H and O–H groups in total. The first-order valence-electron chi connectivity index (χ1n) is 6.51. The third-order valence-electron chi connectivity index (χ3n) is 3.25. The first kappa shape index (κ1) is 14.2. The van der Waals surface area contributed by atoms with Crippen LogP contribution in [0.3, 0.4) is 0 Å². The minimum atomic E-state index is 0.184. The third kappa shape index (κ3) is 3.31. The molecule has 0 aliphatic carbocycles. The lowest BCUT2D eigenvalue weighted by atomic mass is 10.1. The maximum absolute atomic E-state index is 8.79. The summed E-state index contributed by atoms with van der Waals surface area (Å²) in [6.07, 6.45) is 5.46. The standard InChI is InChI=1S/C13H12BrN5OS/c14-10-8-16-4-1-11(10)20-9-2-5-19(6-3-9)13-18-17-12(7-15)21-13/h1,4,8-9H,2-3,5-6H2. The van der Waals surface area contributed by atoms with Gasteiger partial charge in [-0.05, 0) is 22.0 Å². The highest BCUT2D eigenvalue weighted by molar-refractivity contribution is 9.10. The van der Waals surface area contributed by atoms with Gasteiger partial charge in [0.2, 0.25) is 10.1 Å². The van der Waals surface area contributed by atoms with Crippen molar-refractivity contribution in [2.24, 2.45) is 0 Å². The van der Waals surface area contributed by atoms with E-state index in [1.807, 2.05) is 12.1 Å². The molecule has 0 amide bonds. The molecular formula is C13H12BrN5OS.